The average Bonchev–Trinajstić information content (AvgIpc) is 3.32. The summed E-state index contributed by atoms with van der Waals surface area (Å²) in [6.45, 7) is 6.10. The molecule has 176 valence electrons. The molecule has 2 aromatic carbocycles. The number of rotatable bonds is 8. The summed E-state index contributed by atoms with van der Waals surface area (Å²) in [4.78, 5) is 16.7. The van der Waals surface area contributed by atoms with Crippen LogP contribution in [0.15, 0.2) is 84.1 Å². The molecular formula is C27H28N2O3S2. The van der Waals surface area contributed by atoms with Crippen molar-refractivity contribution in [3.8, 4) is 0 Å². The third kappa shape index (κ3) is 5.22. The van der Waals surface area contributed by atoms with Gasteiger partial charge in [0.25, 0.3) is 0 Å². The first kappa shape index (κ1) is 24.1. The molecule has 3 aromatic rings. The molecule has 1 unspecified atom stereocenters. The first-order valence-corrected chi connectivity index (χ1v) is 13.5. The summed E-state index contributed by atoms with van der Waals surface area (Å²) < 4.78 is 27.4. The molecule has 2 heterocycles. The van der Waals surface area contributed by atoms with Crippen molar-refractivity contribution in [3.05, 3.63) is 111 Å². The fraction of sp³-hybridized carbons (Fsp3) is 0.222. The molecule has 34 heavy (non-hydrogen) atoms. The lowest BCUT2D eigenvalue weighted by molar-refractivity contribution is -0.133. The summed E-state index contributed by atoms with van der Waals surface area (Å²) in [6.07, 6.45) is 3.82. The molecule has 0 N–H and O–H groups in total. The lowest BCUT2D eigenvalue weighted by atomic mass is 9.90. The van der Waals surface area contributed by atoms with E-state index in [2.05, 4.69) is 18.0 Å². The van der Waals surface area contributed by atoms with Gasteiger partial charge in [-0.25, -0.2) is 8.42 Å². The van der Waals surface area contributed by atoms with E-state index in [9.17, 15) is 13.2 Å². The van der Waals surface area contributed by atoms with Crippen LogP contribution in [0.5, 0.6) is 0 Å². The number of thiophene rings is 1. The summed E-state index contributed by atoms with van der Waals surface area (Å²) in [5.74, 6) is -0.219. The molecule has 0 radical (unpaired) electrons. The summed E-state index contributed by atoms with van der Waals surface area (Å²) >= 11 is 1.71. The standard InChI is InChI=1S/C27H28N2O3S2/c1-3-16-28(34(31,32)19-15-22-10-5-4-6-11-22)20-26(30)29-17-13-25-24(14-18-33-25)27(29)23-12-8-7-9-21(23)2/h3-12,14-15,18-19,27H,1,13,16-17,20H2,2H3/b19-15+. The molecule has 0 bridgehead atoms. The fourth-order valence-electron chi connectivity index (χ4n) is 4.27. The Bertz CT molecular complexity index is 1300. The van der Waals surface area contributed by atoms with Gasteiger partial charge in [-0.05, 0) is 53.1 Å². The van der Waals surface area contributed by atoms with Crippen LogP contribution in [0.2, 0.25) is 0 Å². The van der Waals surface area contributed by atoms with E-state index in [1.54, 1.807) is 17.4 Å². The highest BCUT2D eigenvalue weighted by molar-refractivity contribution is 7.92. The maximum atomic E-state index is 13.6. The molecule has 4 rings (SSSR count). The van der Waals surface area contributed by atoms with E-state index in [-0.39, 0.29) is 25.0 Å². The van der Waals surface area contributed by atoms with E-state index in [4.69, 9.17) is 0 Å². The third-order valence-corrected chi connectivity index (χ3v) is 8.48. The van der Waals surface area contributed by atoms with Crippen LogP contribution < -0.4 is 0 Å². The highest BCUT2D eigenvalue weighted by Gasteiger charge is 2.35. The van der Waals surface area contributed by atoms with Crippen molar-refractivity contribution < 1.29 is 13.2 Å². The minimum Gasteiger partial charge on any atom is -0.330 e. The Morgan fingerprint density at radius 1 is 1.12 bits per heavy atom. The molecule has 1 aliphatic heterocycles. The van der Waals surface area contributed by atoms with Crippen LogP contribution in [0.25, 0.3) is 6.08 Å². The van der Waals surface area contributed by atoms with E-state index in [0.717, 1.165) is 34.1 Å². The summed E-state index contributed by atoms with van der Waals surface area (Å²) in [6, 6.07) is 19.1. The molecule has 0 spiro atoms. The van der Waals surface area contributed by atoms with Gasteiger partial charge in [0, 0.05) is 23.4 Å². The molecule has 1 aliphatic rings. The van der Waals surface area contributed by atoms with Gasteiger partial charge in [0.05, 0.1) is 12.6 Å². The Kier molecular flexibility index (Phi) is 7.46. The lowest BCUT2D eigenvalue weighted by Gasteiger charge is -2.38. The van der Waals surface area contributed by atoms with Crippen molar-refractivity contribution in [2.75, 3.05) is 19.6 Å². The van der Waals surface area contributed by atoms with Gasteiger partial charge in [-0.15, -0.1) is 17.9 Å². The van der Waals surface area contributed by atoms with Gasteiger partial charge in [-0.3, -0.25) is 4.79 Å². The highest BCUT2D eigenvalue weighted by Crippen LogP contribution is 2.39. The molecule has 1 amide bonds. The van der Waals surface area contributed by atoms with Gasteiger partial charge in [-0.1, -0.05) is 60.7 Å². The highest BCUT2D eigenvalue weighted by atomic mass is 32.2. The van der Waals surface area contributed by atoms with E-state index >= 15 is 0 Å². The average molecular weight is 493 g/mol. The van der Waals surface area contributed by atoms with Crippen molar-refractivity contribution in [2.24, 2.45) is 0 Å². The second kappa shape index (κ2) is 10.5. The number of hydrogen-bond acceptors (Lipinski definition) is 4. The zero-order chi connectivity index (χ0) is 24.1. The van der Waals surface area contributed by atoms with Crippen LogP contribution in [0.3, 0.4) is 0 Å². The molecule has 5 nitrogen and oxygen atoms in total. The smallest absolute Gasteiger partial charge is 0.238 e. The monoisotopic (exact) mass is 492 g/mol. The Balaban J connectivity index is 1.61. The zero-order valence-corrected chi connectivity index (χ0v) is 20.8. The van der Waals surface area contributed by atoms with Gasteiger partial charge in [0.2, 0.25) is 15.9 Å². The number of amides is 1. The number of nitrogens with zero attached hydrogens (tertiary/aromatic N) is 2. The van der Waals surface area contributed by atoms with Crippen LogP contribution in [0.4, 0.5) is 0 Å². The predicted octanol–water partition coefficient (Wildman–Crippen LogP) is 5.02. The Morgan fingerprint density at radius 2 is 1.85 bits per heavy atom. The molecular weight excluding hydrogens is 464 g/mol. The van der Waals surface area contributed by atoms with Crippen molar-refractivity contribution in [1.29, 1.82) is 0 Å². The summed E-state index contributed by atoms with van der Waals surface area (Å²) in [7, 11) is -3.82. The molecule has 0 saturated carbocycles. The van der Waals surface area contributed by atoms with E-state index in [0.29, 0.717) is 6.54 Å². The van der Waals surface area contributed by atoms with Crippen molar-refractivity contribution in [1.82, 2.24) is 9.21 Å². The minimum absolute atomic E-state index is 0.0553. The zero-order valence-electron chi connectivity index (χ0n) is 19.1. The largest absolute Gasteiger partial charge is 0.330 e. The van der Waals surface area contributed by atoms with E-state index < -0.39 is 10.0 Å². The van der Waals surface area contributed by atoms with E-state index in [1.807, 2.05) is 66.4 Å². The van der Waals surface area contributed by atoms with Crippen molar-refractivity contribution >= 4 is 33.3 Å². The van der Waals surface area contributed by atoms with E-state index in [1.165, 1.54) is 15.3 Å². The molecule has 1 aromatic heterocycles. The number of carbonyl (C=O) groups excluding carboxylic acids is 1. The predicted molar refractivity (Wildman–Crippen MR) is 139 cm³/mol. The Labute approximate surface area is 205 Å². The van der Waals surface area contributed by atoms with Gasteiger partial charge < -0.3 is 4.90 Å². The Hall–Kier alpha value is -3.00. The fourth-order valence-corrected chi connectivity index (χ4v) is 6.28. The van der Waals surface area contributed by atoms with Crippen molar-refractivity contribution in [3.63, 3.8) is 0 Å². The van der Waals surface area contributed by atoms with Gasteiger partial charge in [0.15, 0.2) is 0 Å². The quantitative estimate of drug-likeness (QED) is 0.415. The molecule has 7 heteroatoms. The van der Waals surface area contributed by atoms with Crippen LogP contribution in [0, 0.1) is 6.92 Å². The second-order valence-electron chi connectivity index (χ2n) is 8.23. The Morgan fingerprint density at radius 3 is 2.59 bits per heavy atom. The van der Waals surface area contributed by atoms with Crippen LogP contribution >= 0.6 is 11.3 Å². The van der Waals surface area contributed by atoms with Gasteiger partial charge >= 0.3 is 0 Å². The molecule has 0 aliphatic carbocycles. The SMILES string of the molecule is C=CCN(CC(=O)N1CCc2sccc2C1c1ccccc1C)S(=O)(=O)/C=C/c1ccccc1. The number of hydrogen-bond donors (Lipinski definition) is 0. The normalized spacial score (nSPS) is 16.1. The number of sulfonamides is 1. The molecule has 0 fully saturated rings. The number of aryl methyl sites for hydroxylation is 1. The lowest BCUT2D eigenvalue weighted by Crippen LogP contribution is -2.46. The third-order valence-electron chi connectivity index (χ3n) is 6.01. The van der Waals surface area contributed by atoms with Crippen LogP contribution in [-0.4, -0.2) is 43.2 Å². The first-order valence-electron chi connectivity index (χ1n) is 11.2. The number of carbonyl (C=O) groups is 1. The van der Waals surface area contributed by atoms with Crippen LogP contribution in [0.1, 0.15) is 33.2 Å². The number of fused-ring (bicyclic) bond motifs is 1. The van der Waals surface area contributed by atoms with Crippen molar-refractivity contribution in [2.45, 2.75) is 19.4 Å². The number of benzene rings is 2. The second-order valence-corrected chi connectivity index (χ2v) is 11.1. The summed E-state index contributed by atoms with van der Waals surface area (Å²) in [5.41, 5.74) is 4.07. The van der Waals surface area contributed by atoms with Crippen LogP contribution in [-0.2, 0) is 21.2 Å². The maximum absolute atomic E-state index is 13.6. The molecule has 1 atom stereocenters. The topological polar surface area (TPSA) is 57.7 Å². The van der Waals surface area contributed by atoms with Gasteiger partial charge in [0.1, 0.15) is 0 Å². The minimum atomic E-state index is -3.82. The summed E-state index contributed by atoms with van der Waals surface area (Å²) in [5, 5.41) is 3.22. The first-order chi connectivity index (χ1) is 16.4. The van der Waals surface area contributed by atoms with Gasteiger partial charge in [-0.2, -0.15) is 4.31 Å². The maximum Gasteiger partial charge on any atom is 0.238 e. The molecule has 0 saturated heterocycles.